The number of ether oxygens (including phenoxy) is 2. The number of hydrogen-bond donors (Lipinski definition) is 0. The Bertz CT molecular complexity index is 715. The SMILES string of the molecule is COc1cccc(C(=O)COC(=O)c2ccc(F)cc2Br)c1. The lowest BCUT2D eigenvalue weighted by atomic mass is 10.1. The van der Waals surface area contributed by atoms with Crippen LogP contribution in [0.5, 0.6) is 5.75 Å². The number of methoxy groups -OCH3 is 1. The molecule has 0 bridgehead atoms. The van der Waals surface area contributed by atoms with Crippen molar-refractivity contribution in [3.05, 3.63) is 63.9 Å². The summed E-state index contributed by atoms with van der Waals surface area (Å²) in [6.45, 7) is -0.407. The van der Waals surface area contributed by atoms with Gasteiger partial charge in [0, 0.05) is 10.0 Å². The minimum absolute atomic E-state index is 0.153. The van der Waals surface area contributed by atoms with Crippen molar-refractivity contribution in [3.8, 4) is 5.75 Å². The van der Waals surface area contributed by atoms with Crippen LogP contribution in [0, 0.1) is 5.82 Å². The van der Waals surface area contributed by atoms with Gasteiger partial charge in [-0.3, -0.25) is 4.79 Å². The Hall–Kier alpha value is -2.21. The smallest absolute Gasteiger partial charge is 0.339 e. The molecule has 0 aliphatic rings. The van der Waals surface area contributed by atoms with Gasteiger partial charge >= 0.3 is 5.97 Å². The Labute approximate surface area is 135 Å². The Balaban J connectivity index is 2.02. The van der Waals surface area contributed by atoms with Crippen molar-refractivity contribution in [2.75, 3.05) is 13.7 Å². The molecule has 0 N–H and O–H groups in total. The lowest BCUT2D eigenvalue weighted by Gasteiger charge is -2.07. The van der Waals surface area contributed by atoms with Gasteiger partial charge in [0.2, 0.25) is 0 Å². The molecule has 0 amide bonds. The van der Waals surface area contributed by atoms with Gasteiger partial charge in [0.25, 0.3) is 0 Å². The van der Waals surface area contributed by atoms with Crippen molar-refractivity contribution in [2.24, 2.45) is 0 Å². The molecule has 0 fully saturated rings. The molecule has 114 valence electrons. The van der Waals surface area contributed by atoms with Crippen LogP contribution in [0.3, 0.4) is 0 Å². The van der Waals surface area contributed by atoms with Crippen LogP contribution in [0.2, 0.25) is 0 Å². The summed E-state index contributed by atoms with van der Waals surface area (Å²) in [6.07, 6.45) is 0. The lowest BCUT2D eigenvalue weighted by Crippen LogP contribution is -2.14. The standard InChI is InChI=1S/C16H12BrFO4/c1-21-12-4-2-3-10(7-12)15(19)9-22-16(20)13-6-5-11(18)8-14(13)17/h2-8H,9H2,1H3. The van der Waals surface area contributed by atoms with Crippen molar-refractivity contribution in [3.63, 3.8) is 0 Å². The van der Waals surface area contributed by atoms with Crippen molar-refractivity contribution < 1.29 is 23.5 Å². The van der Waals surface area contributed by atoms with Gasteiger partial charge in [0.05, 0.1) is 12.7 Å². The molecule has 0 saturated heterocycles. The number of carbonyl (C=O) groups excluding carboxylic acids is 2. The van der Waals surface area contributed by atoms with Crippen LogP contribution in [0.4, 0.5) is 4.39 Å². The third kappa shape index (κ3) is 3.92. The predicted molar refractivity (Wildman–Crippen MR) is 81.7 cm³/mol. The van der Waals surface area contributed by atoms with E-state index in [2.05, 4.69) is 15.9 Å². The number of esters is 1. The van der Waals surface area contributed by atoms with Crippen molar-refractivity contribution in [1.29, 1.82) is 0 Å². The van der Waals surface area contributed by atoms with E-state index in [1.807, 2.05) is 0 Å². The van der Waals surface area contributed by atoms with Gasteiger partial charge in [-0.2, -0.15) is 0 Å². The largest absolute Gasteiger partial charge is 0.497 e. The Morgan fingerprint density at radius 1 is 1.18 bits per heavy atom. The molecule has 2 rings (SSSR count). The highest BCUT2D eigenvalue weighted by Crippen LogP contribution is 2.19. The monoisotopic (exact) mass is 366 g/mol. The lowest BCUT2D eigenvalue weighted by molar-refractivity contribution is 0.0473. The van der Waals surface area contributed by atoms with E-state index >= 15 is 0 Å². The van der Waals surface area contributed by atoms with Crippen LogP contribution in [0.15, 0.2) is 46.9 Å². The Kier molecular flexibility index (Phi) is 5.27. The van der Waals surface area contributed by atoms with Crippen LogP contribution < -0.4 is 4.74 Å². The molecular weight excluding hydrogens is 355 g/mol. The maximum absolute atomic E-state index is 13.0. The van der Waals surface area contributed by atoms with Gasteiger partial charge in [0.1, 0.15) is 11.6 Å². The fourth-order valence-electron chi connectivity index (χ4n) is 1.74. The van der Waals surface area contributed by atoms with Gasteiger partial charge in [-0.05, 0) is 46.3 Å². The van der Waals surface area contributed by atoms with Crippen LogP contribution >= 0.6 is 15.9 Å². The molecule has 2 aromatic rings. The van der Waals surface area contributed by atoms with E-state index in [4.69, 9.17) is 9.47 Å². The molecule has 0 saturated carbocycles. The van der Waals surface area contributed by atoms with Gasteiger partial charge in [0.15, 0.2) is 12.4 Å². The van der Waals surface area contributed by atoms with E-state index in [9.17, 15) is 14.0 Å². The zero-order chi connectivity index (χ0) is 16.1. The molecule has 2 aromatic carbocycles. The van der Waals surface area contributed by atoms with E-state index in [1.54, 1.807) is 24.3 Å². The second-order valence-electron chi connectivity index (χ2n) is 4.36. The summed E-state index contributed by atoms with van der Waals surface area (Å²) in [4.78, 5) is 23.9. The minimum Gasteiger partial charge on any atom is -0.497 e. The molecule has 0 radical (unpaired) electrons. The average Bonchev–Trinajstić information content (AvgIpc) is 2.52. The molecule has 0 unspecified atom stereocenters. The van der Waals surface area contributed by atoms with Gasteiger partial charge < -0.3 is 9.47 Å². The van der Waals surface area contributed by atoms with Crippen molar-refractivity contribution >= 4 is 27.7 Å². The van der Waals surface area contributed by atoms with Gasteiger partial charge in [-0.25, -0.2) is 9.18 Å². The first kappa shape index (κ1) is 16.2. The van der Waals surface area contributed by atoms with Crippen molar-refractivity contribution in [2.45, 2.75) is 0 Å². The number of Topliss-reactive ketones (excluding diaryl/α,β-unsaturated/α-hetero) is 1. The third-order valence-corrected chi connectivity index (χ3v) is 3.53. The summed E-state index contributed by atoms with van der Waals surface area (Å²) in [5.41, 5.74) is 0.533. The highest BCUT2D eigenvalue weighted by atomic mass is 79.9. The van der Waals surface area contributed by atoms with Crippen LogP contribution in [0.25, 0.3) is 0 Å². The number of rotatable bonds is 5. The quantitative estimate of drug-likeness (QED) is 0.598. The number of ketones is 1. The van der Waals surface area contributed by atoms with Crippen LogP contribution in [-0.4, -0.2) is 25.5 Å². The molecule has 0 atom stereocenters. The highest BCUT2D eigenvalue weighted by molar-refractivity contribution is 9.10. The molecule has 0 aromatic heterocycles. The Morgan fingerprint density at radius 2 is 1.95 bits per heavy atom. The molecule has 4 nitrogen and oxygen atoms in total. The summed E-state index contributed by atoms with van der Waals surface area (Å²) in [5, 5.41) is 0. The maximum atomic E-state index is 13.0. The zero-order valence-electron chi connectivity index (χ0n) is 11.6. The van der Waals surface area contributed by atoms with E-state index < -0.39 is 18.4 Å². The molecular formula is C16H12BrFO4. The summed E-state index contributed by atoms with van der Waals surface area (Å²) in [6, 6.07) is 10.1. The normalized spacial score (nSPS) is 10.1. The Morgan fingerprint density at radius 3 is 2.64 bits per heavy atom. The van der Waals surface area contributed by atoms with Gasteiger partial charge in [-0.1, -0.05) is 12.1 Å². The molecule has 22 heavy (non-hydrogen) atoms. The number of hydrogen-bond acceptors (Lipinski definition) is 4. The first-order valence-electron chi connectivity index (χ1n) is 6.30. The van der Waals surface area contributed by atoms with E-state index in [1.165, 1.54) is 13.2 Å². The second kappa shape index (κ2) is 7.17. The molecule has 0 heterocycles. The van der Waals surface area contributed by atoms with Crippen LogP contribution in [-0.2, 0) is 4.74 Å². The zero-order valence-corrected chi connectivity index (χ0v) is 13.2. The third-order valence-electron chi connectivity index (χ3n) is 2.88. The number of carbonyl (C=O) groups is 2. The van der Waals surface area contributed by atoms with Crippen LogP contribution in [0.1, 0.15) is 20.7 Å². The van der Waals surface area contributed by atoms with E-state index in [0.29, 0.717) is 11.3 Å². The fourth-order valence-corrected chi connectivity index (χ4v) is 2.26. The average molecular weight is 367 g/mol. The minimum atomic E-state index is -0.705. The van der Waals surface area contributed by atoms with Gasteiger partial charge in [-0.15, -0.1) is 0 Å². The number of halogens is 2. The molecule has 0 aliphatic carbocycles. The number of benzene rings is 2. The van der Waals surface area contributed by atoms with Crippen molar-refractivity contribution in [1.82, 2.24) is 0 Å². The highest BCUT2D eigenvalue weighted by Gasteiger charge is 2.15. The summed E-state index contributed by atoms with van der Waals surface area (Å²) >= 11 is 3.08. The van der Waals surface area contributed by atoms with E-state index in [0.717, 1.165) is 12.1 Å². The first-order valence-corrected chi connectivity index (χ1v) is 7.10. The molecule has 0 aliphatic heterocycles. The summed E-state index contributed by atoms with van der Waals surface area (Å²) in [5.74, 6) is -0.997. The maximum Gasteiger partial charge on any atom is 0.339 e. The predicted octanol–water partition coefficient (Wildman–Crippen LogP) is 3.64. The molecule has 6 heteroatoms. The summed E-state index contributed by atoms with van der Waals surface area (Å²) in [7, 11) is 1.50. The molecule has 0 spiro atoms. The first-order chi connectivity index (χ1) is 10.5. The second-order valence-corrected chi connectivity index (χ2v) is 5.21. The fraction of sp³-hybridized carbons (Fsp3) is 0.125. The van der Waals surface area contributed by atoms with E-state index in [-0.39, 0.29) is 15.8 Å². The summed E-state index contributed by atoms with van der Waals surface area (Å²) < 4.78 is 23.2. The topological polar surface area (TPSA) is 52.6 Å².